The SMILES string of the molecule is P.[Mo].[O-2].[O-2].[O-2]. The van der Waals surface area contributed by atoms with Crippen LogP contribution in [0.4, 0.5) is 0 Å². The molecular formula is H3MoO3P-6. The molecule has 0 N–H and O–H groups in total. The first-order valence-corrected chi connectivity index (χ1v) is 0. The molecule has 0 aromatic heterocycles. The molecule has 0 aliphatic rings. The molecule has 0 aromatic carbocycles. The van der Waals surface area contributed by atoms with Gasteiger partial charge in [-0.1, -0.05) is 0 Å². The predicted molar refractivity (Wildman–Crippen MR) is 13.2 cm³/mol. The summed E-state index contributed by atoms with van der Waals surface area (Å²) in [6.07, 6.45) is 0. The van der Waals surface area contributed by atoms with Crippen molar-refractivity contribution in [3.05, 3.63) is 0 Å². The zero-order chi connectivity index (χ0) is 0. The average Bonchev–Trinajstić information content (AvgIpc) is 0. The van der Waals surface area contributed by atoms with E-state index in [4.69, 9.17) is 0 Å². The molecule has 0 aromatic rings. The van der Waals surface area contributed by atoms with Crippen LogP contribution in [-0.2, 0) is 37.5 Å². The molecule has 0 bridgehead atoms. The van der Waals surface area contributed by atoms with Gasteiger partial charge in [-0.3, -0.25) is 0 Å². The van der Waals surface area contributed by atoms with E-state index < -0.39 is 0 Å². The molecule has 0 rings (SSSR count). The third kappa shape index (κ3) is 45.1. The Kier molecular flexibility index (Phi) is 2410. The van der Waals surface area contributed by atoms with E-state index in [2.05, 4.69) is 0 Å². The van der Waals surface area contributed by atoms with E-state index in [0.29, 0.717) is 0 Å². The van der Waals surface area contributed by atoms with Gasteiger partial charge in [-0.25, -0.2) is 0 Å². The summed E-state index contributed by atoms with van der Waals surface area (Å²) in [4.78, 5) is 0. The zero-order valence-electron chi connectivity index (χ0n) is 2.34. The molecule has 38 valence electrons. The summed E-state index contributed by atoms with van der Waals surface area (Å²) >= 11 is 0. The Morgan fingerprint density at radius 1 is 0.600 bits per heavy atom. The summed E-state index contributed by atoms with van der Waals surface area (Å²) in [5, 5.41) is 0. The topological polar surface area (TPSA) is 85.5 Å². The fraction of sp³-hybridized carbons (Fsp3) is 0. The molecule has 0 amide bonds. The van der Waals surface area contributed by atoms with Gasteiger partial charge in [-0.15, -0.1) is 0 Å². The molecule has 1 unspecified atom stereocenters. The second-order valence-electron chi connectivity index (χ2n) is 0. The predicted octanol–water partition coefficient (Wildman–Crippen LogP) is -0.301. The summed E-state index contributed by atoms with van der Waals surface area (Å²) in [7, 11) is 0. The van der Waals surface area contributed by atoms with E-state index >= 15 is 0 Å². The van der Waals surface area contributed by atoms with Crippen molar-refractivity contribution < 1.29 is 37.5 Å². The van der Waals surface area contributed by atoms with Crippen molar-refractivity contribution in [3.63, 3.8) is 0 Å². The first kappa shape index (κ1) is 150. The Bertz CT molecular complexity index is 6.85. The van der Waals surface area contributed by atoms with Gasteiger partial charge in [0.25, 0.3) is 0 Å². The van der Waals surface area contributed by atoms with E-state index in [9.17, 15) is 0 Å². The Labute approximate surface area is 47.9 Å². The van der Waals surface area contributed by atoms with Gasteiger partial charge in [-0.05, 0) is 0 Å². The molecule has 3 nitrogen and oxygen atoms in total. The van der Waals surface area contributed by atoms with Crippen molar-refractivity contribution in [3.8, 4) is 0 Å². The molecule has 5 heavy (non-hydrogen) atoms. The largest absolute Gasteiger partial charge is 2.00 e. The van der Waals surface area contributed by atoms with Crippen molar-refractivity contribution in [2.24, 2.45) is 0 Å². The summed E-state index contributed by atoms with van der Waals surface area (Å²) in [5.74, 6) is 0. The molecule has 0 radical (unpaired) electrons. The van der Waals surface area contributed by atoms with Gasteiger partial charge in [0, 0.05) is 21.1 Å². The zero-order valence-corrected chi connectivity index (χ0v) is 5.76. The maximum Gasteiger partial charge on any atom is 0 e. The van der Waals surface area contributed by atoms with Crippen LogP contribution in [0.25, 0.3) is 0 Å². The fourth-order valence-electron chi connectivity index (χ4n) is 0. The first-order chi connectivity index (χ1) is 0. The van der Waals surface area contributed by atoms with Crippen LogP contribution in [-0.4, -0.2) is 0 Å². The standard InChI is InChI=1S/Mo.3O.H3P/h;;;;1H3/q;3*-2;. The molecule has 0 aliphatic heterocycles. The molecule has 0 saturated carbocycles. The van der Waals surface area contributed by atoms with Crippen LogP contribution < -0.4 is 0 Å². The molecule has 0 fully saturated rings. The monoisotopic (exact) mass is 180 g/mol. The summed E-state index contributed by atoms with van der Waals surface area (Å²) in [6, 6.07) is 0. The van der Waals surface area contributed by atoms with Gasteiger partial charge in [0.1, 0.15) is 0 Å². The van der Waals surface area contributed by atoms with Crippen LogP contribution in [0, 0.1) is 0 Å². The number of hydrogen-bond donors (Lipinski definition) is 0. The molecule has 1 atom stereocenters. The minimum Gasteiger partial charge on any atom is -2.00 e. The van der Waals surface area contributed by atoms with E-state index in [0.717, 1.165) is 0 Å². The summed E-state index contributed by atoms with van der Waals surface area (Å²) in [5.41, 5.74) is 0. The third-order valence-electron chi connectivity index (χ3n) is 0. The maximum atomic E-state index is 0. The minimum atomic E-state index is 0. The molecule has 5 heteroatoms. The second kappa shape index (κ2) is 80.2. The van der Waals surface area contributed by atoms with Crippen molar-refractivity contribution in [1.29, 1.82) is 0 Å². The first-order valence-electron chi connectivity index (χ1n) is 0. The van der Waals surface area contributed by atoms with Crippen molar-refractivity contribution in [1.82, 2.24) is 0 Å². The smallest absolute Gasteiger partial charge is 0 e. The molecule has 0 aliphatic carbocycles. The van der Waals surface area contributed by atoms with Gasteiger partial charge in [0.2, 0.25) is 0 Å². The summed E-state index contributed by atoms with van der Waals surface area (Å²) in [6.45, 7) is 0. The quantitative estimate of drug-likeness (QED) is 0.360. The van der Waals surface area contributed by atoms with Gasteiger partial charge < -0.3 is 16.4 Å². The van der Waals surface area contributed by atoms with Gasteiger partial charge in [0.05, 0.1) is 0 Å². The number of hydrogen-bond acceptors (Lipinski definition) is 0. The van der Waals surface area contributed by atoms with Crippen LogP contribution in [0.1, 0.15) is 0 Å². The van der Waals surface area contributed by atoms with Crippen LogP contribution in [0.2, 0.25) is 0 Å². The van der Waals surface area contributed by atoms with Gasteiger partial charge >= 0.3 is 0 Å². The Balaban J connectivity index is 0. The van der Waals surface area contributed by atoms with E-state index in [1.54, 1.807) is 0 Å². The van der Waals surface area contributed by atoms with Crippen LogP contribution >= 0.6 is 9.90 Å². The van der Waals surface area contributed by atoms with Crippen molar-refractivity contribution in [2.45, 2.75) is 0 Å². The Hall–Kier alpha value is 0.998. The van der Waals surface area contributed by atoms with Gasteiger partial charge in [0.15, 0.2) is 0 Å². The van der Waals surface area contributed by atoms with Crippen molar-refractivity contribution >= 4 is 9.90 Å². The third-order valence-corrected chi connectivity index (χ3v) is 0. The maximum absolute atomic E-state index is 0. The van der Waals surface area contributed by atoms with Crippen molar-refractivity contribution in [2.75, 3.05) is 0 Å². The van der Waals surface area contributed by atoms with Crippen LogP contribution in [0.15, 0.2) is 0 Å². The molecule has 0 saturated heterocycles. The number of rotatable bonds is 0. The molecular weight excluding hydrogens is 175 g/mol. The fourth-order valence-corrected chi connectivity index (χ4v) is 0. The normalized spacial score (nSPS) is 0. The summed E-state index contributed by atoms with van der Waals surface area (Å²) < 4.78 is 0. The van der Waals surface area contributed by atoms with E-state index in [-0.39, 0.29) is 47.4 Å². The van der Waals surface area contributed by atoms with E-state index in [1.165, 1.54) is 0 Å². The van der Waals surface area contributed by atoms with Gasteiger partial charge in [-0.2, -0.15) is 9.90 Å². The van der Waals surface area contributed by atoms with E-state index in [1.807, 2.05) is 0 Å². The second-order valence-corrected chi connectivity index (χ2v) is 0. The van der Waals surface area contributed by atoms with Crippen LogP contribution in [0.3, 0.4) is 0 Å². The molecule has 0 spiro atoms. The average molecular weight is 178 g/mol. The Morgan fingerprint density at radius 2 is 0.600 bits per heavy atom. The Morgan fingerprint density at radius 3 is 0.600 bits per heavy atom. The van der Waals surface area contributed by atoms with Crippen LogP contribution in [0.5, 0.6) is 0 Å². The molecule has 0 heterocycles. The minimum absolute atomic E-state index is 0.